The maximum atomic E-state index is 11.0. The molecule has 0 spiro atoms. The van der Waals surface area contributed by atoms with Crippen LogP contribution in [0.2, 0.25) is 0 Å². The van der Waals surface area contributed by atoms with E-state index in [2.05, 4.69) is 9.47 Å². The fourth-order valence-corrected chi connectivity index (χ4v) is 1.04. The normalized spacial score (nSPS) is 16.7. The molecule has 0 heterocycles. The fraction of sp³-hybridized carbons (Fsp3) is 0.500. The summed E-state index contributed by atoms with van der Waals surface area (Å²) in [5, 5.41) is 0. The van der Waals surface area contributed by atoms with Gasteiger partial charge in [-0.1, -0.05) is 0 Å². The number of ether oxygens (including phenoxy) is 2. The van der Waals surface area contributed by atoms with Crippen LogP contribution in [0.5, 0.6) is 0 Å². The summed E-state index contributed by atoms with van der Waals surface area (Å²) >= 11 is 0. The van der Waals surface area contributed by atoms with Gasteiger partial charge in [-0.3, -0.25) is 4.79 Å². The second kappa shape index (κ2) is 3.38. The van der Waals surface area contributed by atoms with Gasteiger partial charge in [-0.25, -0.2) is 4.79 Å². The number of methoxy groups -OCH3 is 1. The molecule has 0 fully saturated rings. The number of allylic oxidation sites excluding steroid dienone is 2. The van der Waals surface area contributed by atoms with Gasteiger partial charge in [-0.15, -0.1) is 0 Å². The summed E-state index contributed by atoms with van der Waals surface area (Å²) in [6.07, 6.45) is 0.267. The SMILES string of the molecule is COC(=O)OC1=C(C)CCC1=O. The standard InChI is InChI=1S/C8H10O4/c1-5-3-4-6(9)7(5)12-8(10)11-2/h3-4H2,1-2H3. The van der Waals surface area contributed by atoms with E-state index in [1.54, 1.807) is 6.92 Å². The zero-order valence-corrected chi connectivity index (χ0v) is 7.05. The van der Waals surface area contributed by atoms with Crippen molar-refractivity contribution in [1.29, 1.82) is 0 Å². The van der Waals surface area contributed by atoms with Gasteiger partial charge in [0.05, 0.1) is 7.11 Å². The quantitative estimate of drug-likeness (QED) is 0.558. The van der Waals surface area contributed by atoms with Crippen molar-refractivity contribution in [2.24, 2.45) is 0 Å². The molecule has 0 aliphatic heterocycles. The average molecular weight is 170 g/mol. The Balaban J connectivity index is 2.67. The van der Waals surface area contributed by atoms with E-state index in [9.17, 15) is 9.59 Å². The smallest absolute Gasteiger partial charge is 0.437 e. The Hall–Kier alpha value is -1.32. The third kappa shape index (κ3) is 1.64. The third-order valence-corrected chi connectivity index (χ3v) is 1.72. The van der Waals surface area contributed by atoms with Gasteiger partial charge in [0, 0.05) is 6.42 Å². The number of hydrogen-bond donors (Lipinski definition) is 0. The number of ketones is 1. The lowest BCUT2D eigenvalue weighted by Gasteiger charge is -2.02. The molecule has 0 aromatic carbocycles. The maximum Gasteiger partial charge on any atom is 0.513 e. The molecule has 0 bridgehead atoms. The van der Waals surface area contributed by atoms with Crippen LogP contribution in [-0.2, 0) is 14.3 Å². The zero-order valence-electron chi connectivity index (χ0n) is 7.05. The van der Waals surface area contributed by atoms with Gasteiger partial charge in [0.2, 0.25) is 0 Å². The lowest BCUT2D eigenvalue weighted by molar-refractivity contribution is -0.117. The van der Waals surface area contributed by atoms with Crippen molar-refractivity contribution in [3.63, 3.8) is 0 Å². The zero-order chi connectivity index (χ0) is 9.14. The number of hydrogen-bond acceptors (Lipinski definition) is 4. The molecule has 0 saturated heterocycles. The van der Waals surface area contributed by atoms with E-state index in [1.807, 2.05) is 0 Å². The van der Waals surface area contributed by atoms with E-state index in [-0.39, 0.29) is 11.5 Å². The van der Waals surface area contributed by atoms with Gasteiger partial charge in [0.15, 0.2) is 11.5 Å². The van der Waals surface area contributed by atoms with Crippen molar-refractivity contribution in [2.45, 2.75) is 19.8 Å². The van der Waals surface area contributed by atoms with Gasteiger partial charge < -0.3 is 9.47 Å². The van der Waals surface area contributed by atoms with Crippen LogP contribution in [0.25, 0.3) is 0 Å². The fourth-order valence-electron chi connectivity index (χ4n) is 1.04. The lowest BCUT2D eigenvalue weighted by atomic mass is 10.3. The molecule has 1 rings (SSSR count). The van der Waals surface area contributed by atoms with E-state index in [0.29, 0.717) is 12.8 Å². The van der Waals surface area contributed by atoms with Gasteiger partial charge in [0.25, 0.3) is 0 Å². The first-order valence-electron chi connectivity index (χ1n) is 3.64. The van der Waals surface area contributed by atoms with Crippen LogP contribution in [0.3, 0.4) is 0 Å². The van der Waals surface area contributed by atoms with Crippen LogP contribution in [0.15, 0.2) is 11.3 Å². The average Bonchev–Trinajstić information content (AvgIpc) is 2.35. The summed E-state index contributed by atoms with van der Waals surface area (Å²) in [6, 6.07) is 0. The van der Waals surface area contributed by atoms with Crippen LogP contribution in [0.1, 0.15) is 19.8 Å². The highest BCUT2D eigenvalue weighted by Crippen LogP contribution is 2.23. The Bertz CT molecular complexity index is 252. The van der Waals surface area contributed by atoms with Crippen molar-refractivity contribution in [3.05, 3.63) is 11.3 Å². The molecule has 0 radical (unpaired) electrons. The van der Waals surface area contributed by atoms with Crippen LogP contribution >= 0.6 is 0 Å². The maximum absolute atomic E-state index is 11.0. The molecule has 0 aromatic heterocycles. The molecule has 0 saturated carbocycles. The Morgan fingerprint density at radius 3 is 2.50 bits per heavy atom. The lowest BCUT2D eigenvalue weighted by Crippen LogP contribution is -2.08. The molecule has 1 aliphatic rings. The van der Waals surface area contributed by atoms with E-state index < -0.39 is 6.16 Å². The third-order valence-electron chi connectivity index (χ3n) is 1.72. The minimum Gasteiger partial charge on any atom is -0.437 e. The minimum atomic E-state index is -0.834. The van der Waals surface area contributed by atoms with E-state index >= 15 is 0 Å². The van der Waals surface area contributed by atoms with Crippen molar-refractivity contribution in [3.8, 4) is 0 Å². The van der Waals surface area contributed by atoms with Crippen molar-refractivity contribution >= 4 is 11.9 Å². The second-order valence-electron chi connectivity index (χ2n) is 2.59. The highest BCUT2D eigenvalue weighted by atomic mass is 16.7. The highest BCUT2D eigenvalue weighted by molar-refractivity contribution is 5.98. The van der Waals surface area contributed by atoms with Gasteiger partial charge >= 0.3 is 6.16 Å². The molecular weight excluding hydrogens is 160 g/mol. The molecule has 4 heteroatoms. The van der Waals surface area contributed by atoms with Crippen molar-refractivity contribution in [2.75, 3.05) is 7.11 Å². The Morgan fingerprint density at radius 1 is 1.42 bits per heavy atom. The first-order valence-corrected chi connectivity index (χ1v) is 3.64. The number of Topliss-reactive ketones (excluding diaryl/α,β-unsaturated/α-hetero) is 1. The topological polar surface area (TPSA) is 52.6 Å². The van der Waals surface area contributed by atoms with Gasteiger partial charge in [-0.05, 0) is 18.9 Å². The molecule has 12 heavy (non-hydrogen) atoms. The molecule has 0 atom stereocenters. The Labute approximate surface area is 70.1 Å². The van der Waals surface area contributed by atoms with E-state index in [1.165, 1.54) is 7.11 Å². The Morgan fingerprint density at radius 2 is 2.08 bits per heavy atom. The number of carbonyl (C=O) groups excluding carboxylic acids is 2. The van der Waals surface area contributed by atoms with E-state index in [4.69, 9.17) is 0 Å². The predicted octanol–water partition coefficient (Wildman–Crippen LogP) is 1.41. The molecule has 1 aliphatic carbocycles. The van der Waals surface area contributed by atoms with Crippen LogP contribution in [0.4, 0.5) is 4.79 Å². The second-order valence-corrected chi connectivity index (χ2v) is 2.59. The molecule has 4 nitrogen and oxygen atoms in total. The molecule has 0 aromatic rings. The summed E-state index contributed by atoms with van der Waals surface area (Å²) in [6.45, 7) is 1.77. The number of carbonyl (C=O) groups is 2. The molecule has 66 valence electrons. The van der Waals surface area contributed by atoms with Crippen LogP contribution in [-0.4, -0.2) is 19.0 Å². The Kier molecular flexibility index (Phi) is 2.47. The van der Waals surface area contributed by atoms with Gasteiger partial charge in [0.1, 0.15) is 0 Å². The van der Waals surface area contributed by atoms with Crippen molar-refractivity contribution < 1.29 is 19.1 Å². The van der Waals surface area contributed by atoms with E-state index in [0.717, 1.165) is 5.57 Å². The molecule has 0 N–H and O–H groups in total. The largest absolute Gasteiger partial charge is 0.513 e. The van der Waals surface area contributed by atoms with Crippen LogP contribution < -0.4 is 0 Å². The summed E-state index contributed by atoms with van der Waals surface area (Å²) in [7, 11) is 1.21. The van der Waals surface area contributed by atoms with Gasteiger partial charge in [-0.2, -0.15) is 0 Å². The van der Waals surface area contributed by atoms with Crippen LogP contribution in [0, 0.1) is 0 Å². The predicted molar refractivity (Wildman–Crippen MR) is 40.4 cm³/mol. The summed E-state index contributed by atoms with van der Waals surface area (Å²) in [5.41, 5.74) is 0.811. The van der Waals surface area contributed by atoms with Crippen molar-refractivity contribution in [1.82, 2.24) is 0 Å². The monoisotopic (exact) mass is 170 g/mol. The summed E-state index contributed by atoms with van der Waals surface area (Å²) < 4.78 is 8.92. The highest BCUT2D eigenvalue weighted by Gasteiger charge is 2.24. The molecule has 0 amide bonds. The first-order chi connectivity index (χ1) is 5.65. The summed E-state index contributed by atoms with van der Waals surface area (Å²) in [5.74, 6) is 0.0275. The molecule has 0 unspecified atom stereocenters. The molecular formula is C8H10O4. The number of rotatable bonds is 1. The summed E-state index contributed by atoms with van der Waals surface area (Å²) in [4.78, 5) is 21.7. The minimum absolute atomic E-state index is 0.127. The first kappa shape index (κ1) is 8.77.